The number of guanidine groups is 1. The number of amides is 1. The van der Waals surface area contributed by atoms with Gasteiger partial charge in [-0.2, -0.15) is 0 Å². The number of aliphatic imine (C=N–C) groups is 1. The van der Waals surface area contributed by atoms with E-state index < -0.39 is 0 Å². The minimum absolute atomic E-state index is 0. The molecule has 8 heteroatoms. The fraction of sp³-hybridized carbons (Fsp3) is 0.417. The molecule has 1 amide bonds. The number of nitrogens with two attached hydrogens (primary N) is 1. The number of hydrogen-bond acceptors (Lipinski definition) is 3. The van der Waals surface area contributed by atoms with Gasteiger partial charge in [-0.3, -0.25) is 9.69 Å². The zero-order valence-corrected chi connectivity index (χ0v) is 20.8. The lowest BCUT2D eigenvalue weighted by Gasteiger charge is -2.31. The predicted octanol–water partition coefficient (Wildman–Crippen LogP) is 3.40. The molecule has 1 aliphatic rings. The average molecular weight is 553 g/mol. The highest BCUT2D eigenvalue weighted by Crippen LogP contribution is 2.19. The maximum absolute atomic E-state index is 13.4. The van der Waals surface area contributed by atoms with Gasteiger partial charge in [-0.15, -0.1) is 24.0 Å². The lowest BCUT2D eigenvalue weighted by Crippen LogP contribution is -2.40. The van der Waals surface area contributed by atoms with Crippen molar-refractivity contribution in [2.45, 2.75) is 39.4 Å². The molecule has 32 heavy (non-hydrogen) atoms. The Hall–Kier alpha value is -2.20. The largest absolute Gasteiger partial charge is 0.369 e. The van der Waals surface area contributed by atoms with Crippen LogP contribution in [-0.2, 0) is 24.4 Å². The molecule has 0 aliphatic carbocycles. The second-order valence-electron chi connectivity index (χ2n) is 7.98. The van der Waals surface area contributed by atoms with Crippen LogP contribution in [-0.4, -0.2) is 36.4 Å². The average Bonchev–Trinajstić information content (AvgIpc) is 2.76. The summed E-state index contributed by atoms with van der Waals surface area (Å²) in [5.74, 6) is 0.203. The molecule has 1 atom stereocenters. The molecule has 0 radical (unpaired) electrons. The molecule has 2 aromatic rings. The topological polar surface area (TPSA) is 82.8 Å². The summed E-state index contributed by atoms with van der Waals surface area (Å²) < 4.78 is 13.4. The highest BCUT2D eigenvalue weighted by molar-refractivity contribution is 14.0. The van der Waals surface area contributed by atoms with E-state index in [-0.39, 0.29) is 41.6 Å². The molecule has 1 aliphatic heterocycles. The Labute approximate surface area is 206 Å². The fourth-order valence-electron chi connectivity index (χ4n) is 3.86. The molecule has 1 unspecified atom stereocenters. The fourth-order valence-corrected chi connectivity index (χ4v) is 3.86. The Bertz CT molecular complexity index is 907. The minimum Gasteiger partial charge on any atom is -0.369 e. The van der Waals surface area contributed by atoms with Crippen LogP contribution in [0, 0.1) is 11.7 Å². The molecule has 0 saturated carbocycles. The first-order valence-electron chi connectivity index (χ1n) is 10.9. The first-order chi connectivity index (χ1) is 15.0. The summed E-state index contributed by atoms with van der Waals surface area (Å²) in [6, 6.07) is 14.9. The molecule has 0 bridgehead atoms. The predicted molar refractivity (Wildman–Crippen MR) is 137 cm³/mol. The summed E-state index contributed by atoms with van der Waals surface area (Å²) >= 11 is 0. The number of carbonyl (C=O) groups excluding carboxylic acids is 1. The second kappa shape index (κ2) is 13.4. The number of primary amides is 1. The van der Waals surface area contributed by atoms with Gasteiger partial charge < -0.3 is 16.4 Å². The quantitative estimate of drug-likeness (QED) is 0.266. The SMILES string of the molecule is CCNC(=NCc1cccc(CN2CCCC(C(N)=O)C2)c1)NCc1cccc(F)c1.I. The lowest BCUT2D eigenvalue weighted by atomic mass is 9.97. The Kier molecular flexibility index (Phi) is 10.9. The number of nitrogens with zero attached hydrogens (tertiary/aromatic N) is 2. The van der Waals surface area contributed by atoms with Crippen molar-refractivity contribution in [3.05, 3.63) is 71.0 Å². The molecule has 4 N–H and O–H groups in total. The van der Waals surface area contributed by atoms with Crippen molar-refractivity contribution in [3.8, 4) is 0 Å². The summed E-state index contributed by atoms with van der Waals surface area (Å²) in [6.45, 7) is 6.31. The first-order valence-corrected chi connectivity index (χ1v) is 10.9. The summed E-state index contributed by atoms with van der Waals surface area (Å²) in [6.07, 6.45) is 1.89. The maximum Gasteiger partial charge on any atom is 0.221 e. The van der Waals surface area contributed by atoms with Crippen molar-refractivity contribution < 1.29 is 9.18 Å². The Balaban J connectivity index is 0.00000363. The van der Waals surface area contributed by atoms with E-state index in [0.29, 0.717) is 19.0 Å². The third-order valence-corrected chi connectivity index (χ3v) is 5.42. The van der Waals surface area contributed by atoms with Crippen LogP contribution in [0.1, 0.15) is 36.5 Å². The van der Waals surface area contributed by atoms with Crippen LogP contribution >= 0.6 is 24.0 Å². The minimum atomic E-state index is -0.242. The number of rotatable bonds is 8. The van der Waals surface area contributed by atoms with Crippen molar-refractivity contribution in [2.75, 3.05) is 19.6 Å². The molecule has 0 spiro atoms. The number of nitrogens with one attached hydrogen (secondary N) is 2. The standard InChI is InChI=1S/C24H32FN5O.HI/c1-2-27-24(29-15-19-7-4-10-22(25)13-19)28-14-18-6-3-8-20(12-18)16-30-11-5-9-21(17-30)23(26)31;/h3-4,6-8,10,12-13,21H,2,5,9,11,14-17H2,1H3,(H2,26,31)(H2,27,28,29);1H. The van der Waals surface area contributed by atoms with Crippen molar-refractivity contribution in [2.24, 2.45) is 16.6 Å². The van der Waals surface area contributed by atoms with E-state index >= 15 is 0 Å². The number of hydrogen-bond donors (Lipinski definition) is 3. The van der Waals surface area contributed by atoms with E-state index in [0.717, 1.165) is 50.1 Å². The van der Waals surface area contributed by atoms with Gasteiger partial charge in [0.1, 0.15) is 5.82 Å². The van der Waals surface area contributed by atoms with Crippen LogP contribution in [0.3, 0.4) is 0 Å². The molecule has 2 aromatic carbocycles. The number of piperidine rings is 1. The van der Waals surface area contributed by atoms with Crippen LogP contribution in [0.25, 0.3) is 0 Å². The molecule has 1 heterocycles. The van der Waals surface area contributed by atoms with Crippen LogP contribution in [0.2, 0.25) is 0 Å². The van der Waals surface area contributed by atoms with Gasteiger partial charge in [0.25, 0.3) is 0 Å². The summed E-state index contributed by atoms with van der Waals surface area (Å²) in [4.78, 5) is 18.5. The summed E-state index contributed by atoms with van der Waals surface area (Å²) in [7, 11) is 0. The molecule has 3 rings (SSSR count). The van der Waals surface area contributed by atoms with E-state index in [1.807, 2.05) is 19.1 Å². The van der Waals surface area contributed by atoms with Crippen LogP contribution in [0.5, 0.6) is 0 Å². The Morgan fingerprint density at radius 1 is 1.16 bits per heavy atom. The smallest absolute Gasteiger partial charge is 0.221 e. The van der Waals surface area contributed by atoms with Gasteiger partial charge in [-0.1, -0.05) is 36.4 Å². The monoisotopic (exact) mass is 553 g/mol. The van der Waals surface area contributed by atoms with Gasteiger partial charge >= 0.3 is 0 Å². The molecule has 1 saturated heterocycles. The van der Waals surface area contributed by atoms with Crippen molar-refractivity contribution in [1.29, 1.82) is 0 Å². The van der Waals surface area contributed by atoms with E-state index in [1.54, 1.807) is 6.07 Å². The number of likely N-dealkylation sites (tertiary alicyclic amines) is 1. The molecule has 0 aromatic heterocycles. The Morgan fingerprint density at radius 3 is 2.66 bits per heavy atom. The van der Waals surface area contributed by atoms with Gasteiger partial charge in [-0.25, -0.2) is 9.38 Å². The number of halogens is 2. The number of carbonyl (C=O) groups is 1. The van der Waals surface area contributed by atoms with Gasteiger partial charge in [-0.05, 0) is 55.1 Å². The van der Waals surface area contributed by atoms with E-state index in [2.05, 4.69) is 38.7 Å². The first kappa shape index (κ1) is 26.1. The molecule has 6 nitrogen and oxygen atoms in total. The second-order valence-corrected chi connectivity index (χ2v) is 7.98. The van der Waals surface area contributed by atoms with Crippen molar-refractivity contribution >= 4 is 35.8 Å². The third-order valence-electron chi connectivity index (χ3n) is 5.42. The van der Waals surface area contributed by atoms with Crippen molar-refractivity contribution in [3.63, 3.8) is 0 Å². The van der Waals surface area contributed by atoms with Gasteiger partial charge in [0.2, 0.25) is 5.91 Å². The zero-order valence-electron chi connectivity index (χ0n) is 18.5. The molecule has 1 fully saturated rings. The highest BCUT2D eigenvalue weighted by atomic mass is 127. The molecular formula is C24H33FIN5O. The lowest BCUT2D eigenvalue weighted by molar-refractivity contribution is -0.123. The third kappa shape index (κ3) is 8.38. The van der Waals surface area contributed by atoms with E-state index in [4.69, 9.17) is 5.73 Å². The summed E-state index contributed by atoms with van der Waals surface area (Å²) in [5, 5.41) is 6.48. The normalized spacial score (nSPS) is 16.8. The zero-order chi connectivity index (χ0) is 22.1. The van der Waals surface area contributed by atoms with Gasteiger partial charge in [0.15, 0.2) is 5.96 Å². The molecule has 174 valence electrons. The summed E-state index contributed by atoms with van der Waals surface area (Å²) in [5.41, 5.74) is 8.68. The van der Waals surface area contributed by atoms with Crippen LogP contribution in [0.4, 0.5) is 4.39 Å². The Morgan fingerprint density at radius 2 is 1.91 bits per heavy atom. The molecular weight excluding hydrogens is 520 g/mol. The van der Waals surface area contributed by atoms with Gasteiger partial charge in [0, 0.05) is 26.2 Å². The maximum atomic E-state index is 13.4. The van der Waals surface area contributed by atoms with Crippen molar-refractivity contribution in [1.82, 2.24) is 15.5 Å². The highest BCUT2D eigenvalue weighted by Gasteiger charge is 2.23. The van der Waals surface area contributed by atoms with E-state index in [9.17, 15) is 9.18 Å². The van der Waals surface area contributed by atoms with Crippen LogP contribution in [0.15, 0.2) is 53.5 Å². The number of benzene rings is 2. The van der Waals surface area contributed by atoms with E-state index in [1.165, 1.54) is 17.7 Å². The van der Waals surface area contributed by atoms with Crippen LogP contribution < -0.4 is 16.4 Å². The van der Waals surface area contributed by atoms with Gasteiger partial charge in [0.05, 0.1) is 12.5 Å².